The molecule has 0 spiro atoms. The van der Waals surface area contributed by atoms with E-state index in [0.29, 0.717) is 5.75 Å². The lowest BCUT2D eigenvalue weighted by Crippen LogP contribution is -2.14. The van der Waals surface area contributed by atoms with Crippen molar-refractivity contribution in [3.8, 4) is 0 Å². The molecule has 3 heterocycles. The number of hydrogen-bond donors (Lipinski definition) is 0. The minimum atomic E-state index is -0.0307. The molecule has 4 aromatic rings. The Morgan fingerprint density at radius 3 is 3.04 bits per heavy atom. The van der Waals surface area contributed by atoms with Gasteiger partial charge in [0, 0.05) is 28.3 Å². The first-order valence-electron chi connectivity index (χ1n) is 7.02. The molecule has 0 saturated heterocycles. The van der Waals surface area contributed by atoms with Gasteiger partial charge in [-0.3, -0.25) is 9.20 Å². The van der Waals surface area contributed by atoms with E-state index in [0.717, 1.165) is 32.3 Å². The average molecular weight is 340 g/mol. The van der Waals surface area contributed by atoms with Crippen molar-refractivity contribution in [1.29, 1.82) is 0 Å². The van der Waals surface area contributed by atoms with Gasteiger partial charge in [0.15, 0.2) is 4.96 Å². The highest BCUT2D eigenvalue weighted by molar-refractivity contribution is 7.98. The fraction of sp³-hybridized carbons (Fsp3) is 0.125. The number of fused-ring (bicyclic) bond motifs is 2. The Hall–Kier alpha value is -2.25. The van der Waals surface area contributed by atoms with Gasteiger partial charge in [0.1, 0.15) is 11.4 Å². The molecule has 3 aromatic heterocycles. The second-order valence-electron chi connectivity index (χ2n) is 5.07. The van der Waals surface area contributed by atoms with E-state index in [2.05, 4.69) is 15.0 Å². The Bertz CT molecular complexity index is 1070. The summed E-state index contributed by atoms with van der Waals surface area (Å²) in [6.07, 6.45) is 1.57. The number of rotatable bonds is 3. The highest BCUT2D eigenvalue weighted by atomic mass is 32.2. The van der Waals surface area contributed by atoms with Gasteiger partial charge in [-0.15, -0.1) is 11.3 Å². The predicted octanol–water partition coefficient (Wildman–Crippen LogP) is 3.30. The van der Waals surface area contributed by atoms with E-state index in [9.17, 15) is 4.79 Å². The zero-order chi connectivity index (χ0) is 15.8. The van der Waals surface area contributed by atoms with Crippen LogP contribution in [0.4, 0.5) is 0 Å². The minimum Gasteiger partial charge on any atom is -0.269 e. The lowest BCUT2D eigenvalue weighted by molar-refractivity contribution is 0.996. The van der Waals surface area contributed by atoms with E-state index in [-0.39, 0.29) is 5.56 Å². The zero-order valence-corrected chi connectivity index (χ0v) is 13.9. The first kappa shape index (κ1) is 14.3. The van der Waals surface area contributed by atoms with Crippen LogP contribution in [0.1, 0.15) is 11.4 Å². The monoisotopic (exact) mass is 340 g/mol. The molecule has 0 saturated carbocycles. The van der Waals surface area contributed by atoms with E-state index in [4.69, 9.17) is 0 Å². The van der Waals surface area contributed by atoms with Crippen LogP contribution in [0.25, 0.3) is 15.9 Å². The van der Waals surface area contributed by atoms with Crippen molar-refractivity contribution in [3.63, 3.8) is 0 Å². The van der Waals surface area contributed by atoms with E-state index in [1.807, 2.05) is 36.6 Å². The van der Waals surface area contributed by atoms with Crippen molar-refractivity contribution in [2.75, 3.05) is 0 Å². The first-order chi connectivity index (χ1) is 11.2. The Morgan fingerprint density at radius 1 is 1.26 bits per heavy atom. The highest BCUT2D eigenvalue weighted by Crippen LogP contribution is 2.26. The van der Waals surface area contributed by atoms with Gasteiger partial charge in [-0.1, -0.05) is 30.0 Å². The fourth-order valence-electron chi connectivity index (χ4n) is 2.41. The minimum absolute atomic E-state index is 0.0307. The van der Waals surface area contributed by atoms with Crippen LogP contribution in [0, 0.1) is 6.92 Å². The molecule has 0 radical (unpaired) electrons. The molecule has 23 heavy (non-hydrogen) atoms. The molecule has 0 aliphatic heterocycles. The molecule has 0 unspecified atom stereocenters. The van der Waals surface area contributed by atoms with Crippen LogP contribution in [0.15, 0.2) is 51.9 Å². The number of aromatic nitrogens is 4. The largest absolute Gasteiger partial charge is 0.269 e. The average Bonchev–Trinajstić information content (AvgIpc) is 2.94. The SMILES string of the molecule is Cc1csc2nc(CSc3ncnc4ccccc34)cc(=O)n12. The quantitative estimate of drug-likeness (QED) is 0.423. The van der Waals surface area contributed by atoms with E-state index < -0.39 is 0 Å². The molecular weight excluding hydrogens is 328 g/mol. The molecule has 0 N–H and O–H groups in total. The smallest absolute Gasteiger partial charge is 0.258 e. The molecular formula is C16H12N4OS2. The van der Waals surface area contributed by atoms with Gasteiger partial charge in [0.2, 0.25) is 0 Å². The molecule has 0 atom stereocenters. The summed E-state index contributed by atoms with van der Waals surface area (Å²) < 4.78 is 1.64. The Balaban J connectivity index is 1.67. The molecule has 5 nitrogen and oxygen atoms in total. The van der Waals surface area contributed by atoms with Gasteiger partial charge < -0.3 is 0 Å². The van der Waals surface area contributed by atoms with Crippen molar-refractivity contribution >= 4 is 39.0 Å². The molecule has 0 fully saturated rings. The number of para-hydroxylation sites is 1. The Kier molecular flexibility index (Phi) is 3.59. The molecule has 4 rings (SSSR count). The zero-order valence-electron chi connectivity index (χ0n) is 12.3. The molecule has 0 aliphatic rings. The highest BCUT2D eigenvalue weighted by Gasteiger charge is 2.09. The Labute approximate surface area is 140 Å². The summed E-state index contributed by atoms with van der Waals surface area (Å²) in [6, 6.07) is 9.50. The van der Waals surface area contributed by atoms with Gasteiger partial charge in [-0.05, 0) is 13.0 Å². The summed E-state index contributed by atoms with van der Waals surface area (Å²) >= 11 is 3.05. The Morgan fingerprint density at radius 2 is 2.13 bits per heavy atom. The summed E-state index contributed by atoms with van der Waals surface area (Å²) in [6.45, 7) is 1.91. The van der Waals surface area contributed by atoms with Gasteiger partial charge in [-0.25, -0.2) is 15.0 Å². The third kappa shape index (κ3) is 2.62. The fourth-order valence-corrected chi connectivity index (χ4v) is 4.19. The van der Waals surface area contributed by atoms with Crippen molar-refractivity contribution in [2.24, 2.45) is 0 Å². The van der Waals surface area contributed by atoms with Crippen LogP contribution in [0.5, 0.6) is 0 Å². The van der Waals surface area contributed by atoms with E-state index in [1.165, 1.54) is 11.3 Å². The predicted molar refractivity (Wildman–Crippen MR) is 93.2 cm³/mol. The number of thioether (sulfide) groups is 1. The summed E-state index contributed by atoms with van der Waals surface area (Å²) in [7, 11) is 0. The second kappa shape index (κ2) is 5.75. The third-order valence-corrected chi connectivity index (χ3v) is 5.47. The van der Waals surface area contributed by atoms with Gasteiger partial charge in [0.25, 0.3) is 5.56 Å². The van der Waals surface area contributed by atoms with Crippen molar-refractivity contribution in [3.05, 3.63) is 63.8 Å². The van der Waals surface area contributed by atoms with E-state index >= 15 is 0 Å². The molecule has 1 aromatic carbocycles. The van der Waals surface area contributed by atoms with Gasteiger partial charge in [0.05, 0.1) is 11.2 Å². The van der Waals surface area contributed by atoms with Crippen LogP contribution in [0.2, 0.25) is 0 Å². The maximum Gasteiger partial charge on any atom is 0.258 e. The molecule has 0 bridgehead atoms. The summed E-state index contributed by atoms with van der Waals surface area (Å²) in [5.74, 6) is 0.601. The second-order valence-corrected chi connectivity index (χ2v) is 6.87. The topological polar surface area (TPSA) is 60.2 Å². The maximum atomic E-state index is 12.2. The lowest BCUT2D eigenvalue weighted by atomic mass is 10.2. The summed E-state index contributed by atoms with van der Waals surface area (Å²) in [5.41, 5.74) is 2.58. The van der Waals surface area contributed by atoms with Crippen LogP contribution >= 0.6 is 23.1 Å². The van der Waals surface area contributed by atoms with Crippen molar-refractivity contribution in [2.45, 2.75) is 17.7 Å². The molecule has 0 amide bonds. The van der Waals surface area contributed by atoms with Crippen LogP contribution in [-0.2, 0) is 5.75 Å². The number of aryl methyl sites for hydroxylation is 1. The third-order valence-electron chi connectivity index (χ3n) is 3.49. The number of hydrogen-bond acceptors (Lipinski definition) is 6. The molecule has 0 aliphatic carbocycles. The van der Waals surface area contributed by atoms with Crippen LogP contribution < -0.4 is 5.56 Å². The standard InChI is InChI=1S/C16H12N4OS2/c1-10-7-23-16-19-11(6-14(21)20(10)16)8-22-15-12-4-2-3-5-13(12)17-9-18-15/h2-7,9H,8H2,1H3. The number of nitrogens with zero attached hydrogens (tertiary/aromatic N) is 4. The summed E-state index contributed by atoms with van der Waals surface area (Å²) in [5, 5.41) is 3.86. The van der Waals surface area contributed by atoms with E-state index in [1.54, 1.807) is 28.6 Å². The maximum absolute atomic E-state index is 12.2. The van der Waals surface area contributed by atoms with Crippen molar-refractivity contribution < 1.29 is 0 Å². The number of benzene rings is 1. The van der Waals surface area contributed by atoms with Crippen molar-refractivity contribution in [1.82, 2.24) is 19.4 Å². The van der Waals surface area contributed by atoms with Gasteiger partial charge >= 0.3 is 0 Å². The van der Waals surface area contributed by atoms with Gasteiger partial charge in [-0.2, -0.15) is 0 Å². The van der Waals surface area contributed by atoms with Crippen LogP contribution in [-0.4, -0.2) is 19.4 Å². The molecule has 7 heteroatoms. The lowest BCUT2D eigenvalue weighted by Gasteiger charge is -2.04. The van der Waals surface area contributed by atoms with Crippen LogP contribution in [0.3, 0.4) is 0 Å². The first-order valence-corrected chi connectivity index (χ1v) is 8.88. The summed E-state index contributed by atoms with van der Waals surface area (Å²) in [4.78, 5) is 26.1. The molecule has 114 valence electrons. The number of thiazole rings is 1. The normalized spacial score (nSPS) is 11.3.